The number of fused-ring (bicyclic) bond motifs is 1. The Hall–Kier alpha value is -2.07. The van der Waals surface area contributed by atoms with Crippen LogP contribution in [0.15, 0.2) is 42.5 Å². The second-order valence-electron chi connectivity index (χ2n) is 5.60. The van der Waals surface area contributed by atoms with E-state index in [1.807, 2.05) is 6.07 Å². The van der Waals surface area contributed by atoms with Crippen molar-refractivity contribution in [2.75, 3.05) is 0 Å². The minimum absolute atomic E-state index is 0.434. The number of nitrogens with zero attached hydrogens (tertiary/aromatic N) is 1. The first-order chi connectivity index (χ1) is 9.19. The zero-order chi connectivity index (χ0) is 13.4. The minimum atomic E-state index is 0.434. The average molecular weight is 247 g/mol. The summed E-state index contributed by atoms with van der Waals surface area (Å²) in [6, 6.07) is 17.1. The van der Waals surface area contributed by atoms with Crippen molar-refractivity contribution in [3.63, 3.8) is 0 Å². The third kappa shape index (κ3) is 2.04. The number of nitriles is 1. The highest BCUT2D eigenvalue weighted by molar-refractivity contribution is 5.48. The largest absolute Gasteiger partial charge is 0.192 e. The van der Waals surface area contributed by atoms with Crippen LogP contribution in [0.3, 0.4) is 0 Å². The van der Waals surface area contributed by atoms with Gasteiger partial charge in [-0.2, -0.15) is 5.26 Å². The monoisotopic (exact) mass is 247 g/mol. The lowest BCUT2D eigenvalue weighted by atomic mass is 9.86. The summed E-state index contributed by atoms with van der Waals surface area (Å²) in [6.07, 6.45) is 1.11. The predicted molar refractivity (Wildman–Crippen MR) is 77.0 cm³/mol. The highest BCUT2D eigenvalue weighted by Gasteiger charge is 2.30. The van der Waals surface area contributed by atoms with Crippen LogP contribution in [0.2, 0.25) is 0 Å². The Kier molecular flexibility index (Phi) is 2.87. The van der Waals surface area contributed by atoms with E-state index in [2.05, 4.69) is 56.3 Å². The van der Waals surface area contributed by atoms with Gasteiger partial charge in [-0.05, 0) is 48.1 Å². The Bertz CT molecular complexity index is 664. The average Bonchev–Trinajstić information content (AvgIpc) is 2.73. The van der Waals surface area contributed by atoms with Crippen molar-refractivity contribution in [2.24, 2.45) is 5.92 Å². The van der Waals surface area contributed by atoms with Crippen LogP contribution in [0.5, 0.6) is 0 Å². The van der Waals surface area contributed by atoms with E-state index in [1.54, 1.807) is 0 Å². The van der Waals surface area contributed by atoms with Gasteiger partial charge in [0, 0.05) is 5.92 Å². The number of hydrogen-bond acceptors (Lipinski definition) is 1. The maximum atomic E-state index is 9.09. The maximum Gasteiger partial charge on any atom is 0.0991 e. The van der Waals surface area contributed by atoms with Crippen molar-refractivity contribution in [3.05, 3.63) is 70.3 Å². The Labute approximate surface area is 114 Å². The zero-order valence-electron chi connectivity index (χ0n) is 11.4. The third-order valence-electron chi connectivity index (χ3n) is 4.12. The molecule has 1 heteroatoms. The van der Waals surface area contributed by atoms with Gasteiger partial charge in [-0.1, -0.05) is 42.8 Å². The van der Waals surface area contributed by atoms with Crippen molar-refractivity contribution in [1.82, 2.24) is 0 Å². The van der Waals surface area contributed by atoms with Crippen molar-refractivity contribution < 1.29 is 0 Å². The van der Waals surface area contributed by atoms with Gasteiger partial charge >= 0.3 is 0 Å². The van der Waals surface area contributed by atoms with E-state index in [4.69, 9.17) is 5.26 Å². The molecule has 0 unspecified atom stereocenters. The van der Waals surface area contributed by atoms with Crippen LogP contribution in [-0.4, -0.2) is 0 Å². The molecule has 0 saturated carbocycles. The molecule has 0 aliphatic heterocycles. The third-order valence-corrected chi connectivity index (χ3v) is 4.12. The zero-order valence-corrected chi connectivity index (χ0v) is 11.4. The molecule has 1 aliphatic rings. The summed E-state index contributed by atoms with van der Waals surface area (Å²) in [5.74, 6) is 1.04. The van der Waals surface area contributed by atoms with Gasteiger partial charge in [-0.3, -0.25) is 0 Å². The molecule has 0 spiro atoms. The van der Waals surface area contributed by atoms with E-state index in [0.717, 1.165) is 12.0 Å². The standard InChI is InChI=1S/C18H17N/c1-12-4-3-5-16(8-12)18-13(2)9-15-7-6-14(11-19)10-17(15)18/h3-8,10,13,18H,9H2,1-2H3/t13-,18-/m0/s1. The van der Waals surface area contributed by atoms with E-state index in [1.165, 1.54) is 22.3 Å². The van der Waals surface area contributed by atoms with Crippen LogP contribution in [0.1, 0.15) is 40.7 Å². The topological polar surface area (TPSA) is 23.8 Å². The van der Waals surface area contributed by atoms with E-state index in [-0.39, 0.29) is 0 Å². The van der Waals surface area contributed by atoms with Crippen LogP contribution in [-0.2, 0) is 6.42 Å². The lowest BCUT2D eigenvalue weighted by Crippen LogP contribution is -2.05. The molecule has 94 valence electrons. The van der Waals surface area contributed by atoms with Gasteiger partial charge in [0.1, 0.15) is 0 Å². The van der Waals surface area contributed by atoms with Crippen LogP contribution in [0.4, 0.5) is 0 Å². The fraction of sp³-hybridized carbons (Fsp3) is 0.278. The molecule has 2 aromatic rings. The van der Waals surface area contributed by atoms with Crippen molar-refractivity contribution in [1.29, 1.82) is 5.26 Å². The van der Waals surface area contributed by atoms with Crippen molar-refractivity contribution >= 4 is 0 Å². The number of benzene rings is 2. The smallest absolute Gasteiger partial charge is 0.0991 e. The molecule has 0 radical (unpaired) electrons. The van der Waals surface area contributed by atoms with Crippen LogP contribution < -0.4 is 0 Å². The van der Waals surface area contributed by atoms with Gasteiger partial charge in [0.15, 0.2) is 0 Å². The molecule has 19 heavy (non-hydrogen) atoms. The maximum absolute atomic E-state index is 9.09. The molecular weight excluding hydrogens is 230 g/mol. The van der Waals surface area contributed by atoms with Crippen LogP contribution in [0, 0.1) is 24.2 Å². The Morgan fingerprint density at radius 1 is 1.16 bits per heavy atom. The molecule has 1 nitrogen and oxygen atoms in total. The first kappa shape index (κ1) is 12.0. The molecule has 2 atom stereocenters. The van der Waals surface area contributed by atoms with Crippen molar-refractivity contribution in [2.45, 2.75) is 26.2 Å². The van der Waals surface area contributed by atoms with E-state index in [9.17, 15) is 0 Å². The van der Waals surface area contributed by atoms with Crippen LogP contribution >= 0.6 is 0 Å². The summed E-state index contributed by atoms with van der Waals surface area (Å²) in [6.45, 7) is 4.44. The first-order valence-electron chi connectivity index (χ1n) is 6.78. The summed E-state index contributed by atoms with van der Waals surface area (Å²) in [7, 11) is 0. The molecular formula is C18H17N. The molecule has 0 aromatic heterocycles. The summed E-state index contributed by atoms with van der Waals surface area (Å²) >= 11 is 0. The molecule has 2 aromatic carbocycles. The normalized spacial score (nSPS) is 20.9. The lowest BCUT2D eigenvalue weighted by molar-refractivity contribution is 0.557. The summed E-state index contributed by atoms with van der Waals surface area (Å²) in [5, 5.41) is 9.09. The van der Waals surface area contributed by atoms with Crippen LogP contribution in [0.25, 0.3) is 0 Å². The summed E-state index contributed by atoms with van der Waals surface area (Å²) in [5.41, 5.74) is 6.19. The second kappa shape index (κ2) is 4.55. The van der Waals surface area contributed by atoms with Gasteiger partial charge < -0.3 is 0 Å². The van der Waals surface area contributed by atoms with Gasteiger partial charge in [-0.15, -0.1) is 0 Å². The number of hydrogen-bond donors (Lipinski definition) is 0. The molecule has 0 N–H and O–H groups in total. The number of rotatable bonds is 1. The molecule has 0 heterocycles. The minimum Gasteiger partial charge on any atom is -0.192 e. The molecule has 0 bridgehead atoms. The molecule has 0 fully saturated rings. The quantitative estimate of drug-likeness (QED) is 0.741. The summed E-state index contributed by atoms with van der Waals surface area (Å²) in [4.78, 5) is 0. The Balaban J connectivity index is 2.12. The van der Waals surface area contributed by atoms with E-state index in [0.29, 0.717) is 11.8 Å². The fourth-order valence-electron chi connectivity index (χ4n) is 3.28. The highest BCUT2D eigenvalue weighted by Crippen LogP contribution is 2.42. The molecule has 3 rings (SSSR count). The van der Waals surface area contributed by atoms with E-state index >= 15 is 0 Å². The predicted octanol–water partition coefficient (Wildman–Crippen LogP) is 4.19. The summed E-state index contributed by atoms with van der Waals surface area (Å²) < 4.78 is 0. The van der Waals surface area contributed by atoms with Gasteiger partial charge in [0.25, 0.3) is 0 Å². The molecule has 0 amide bonds. The Morgan fingerprint density at radius 2 is 2.00 bits per heavy atom. The Morgan fingerprint density at radius 3 is 2.74 bits per heavy atom. The van der Waals surface area contributed by atoms with E-state index < -0.39 is 0 Å². The second-order valence-corrected chi connectivity index (χ2v) is 5.60. The van der Waals surface area contributed by atoms with Gasteiger partial charge in [0.05, 0.1) is 11.6 Å². The number of aryl methyl sites for hydroxylation is 1. The first-order valence-corrected chi connectivity index (χ1v) is 6.78. The fourth-order valence-corrected chi connectivity index (χ4v) is 3.28. The SMILES string of the molecule is Cc1cccc([C@H]2c3cc(C#N)ccc3C[C@@H]2C)c1. The van der Waals surface area contributed by atoms with Crippen molar-refractivity contribution in [3.8, 4) is 6.07 Å². The highest BCUT2D eigenvalue weighted by atomic mass is 14.3. The lowest BCUT2D eigenvalue weighted by Gasteiger charge is -2.18. The molecule has 1 aliphatic carbocycles. The van der Waals surface area contributed by atoms with Gasteiger partial charge in [0.2, 0.25) is 0 Å². The van der Waals surface area contributed by atoms with Gasteiger partial charge in [-0.25, -0.2) is 0 Å². The molecule has 0 saturated heterocycles.